The number of hydrogen-bond acceptors (Lipinski definition) is 0. The Hall–Kier alpha value is -7.80. The third kappa shape index (κ3) is 6.07. The van der Waals surface area contributed by atoms with E-state index >= 15 is 0 Å². The van der Waals surface area contributed by atoms with Crippen LogP contribution in [0.3, 0.4) is 0 Å². The summed E-state index contributed by atoms with van der Waals surface area (Å²) in [4.78, 5) is 0. The van der Waals surface area contributed by atoms with E-state index in [0.29, 0.717) is 0 Å². The van der Waals surface area contributed by atoms with Gasteiger partial charge in [-0.05, 0) is 142 Å². The quantitative estimate of drug-likeness (QED) is 0.151. The molecule has 0 heteroatoms. The average molecular weight is 787 g/mol. The minimum absolute atomic E-state index is 0.0921. The van der Waals surface area contributed by atoms with E-state index in [0.717, 1.165) is 0 Å². The summed E-state index contributed by atoms with van der Waals surface area (Å²) in [7, 11) is 0. The molecule has 0 spiro atoms. The monoisotopic (exact) mass is 786 g/mol. The maximum absolute atomic E-state index is 2.48. The first-order valence-corrected chi connectivity index (χ1v) is 21.7. The first kappa shape index (κ1) is 36.1. The zero-order valence-corrected chi connectivity index (χ0v) is 34.2. The molecule has 0 radical (unpaired) electrons. The van der Waals surface area contributed by atoms with Crippen molar-refractivity contribution in [3.8, 4) is 77.9 Å². The Labute approximate surface area is 364 Å². The average Bonchev–Trinajstić information content (AvgIpc) is 3.87. The fraction of sp³-hybridized carbons (Fsp3) is 0.0323. The number of benzene rings is 10. The van der Waals surface area contributed by atoms with Gasteiger partial charge in [0.2, 0.25) is 0 Å². The van der Waals surface area contributed by atoms with Crippen LogP contribution in [0.5, 0.6) is 0 Å². The van der Waals surface area contributed by atoms with Gasteiger partial charge in [0.15, 0.2) is 0 Å². The van der Waals surface area contributed by atoms with Gasteiger partial charge in [0.05, 0.1) is 0 Å². The molecule has 2 aliphatic carbocycles. The Morgan fingerprint density at radius 2 is 0.435 bits per heavy atom. The summed E-state index contributed by atoms with van der Waals surface area (Å²) in [6, 6.07) is 90.3. The van der Waals surface area contributed by atoms with Gasteiger partial charge in [-0.15, -0.1) is 0 Å². The van der Waals surface area contributed by atoms with Crippen molar-refractivity contribution in [3.05, 3.63) is 276 Å². The van der Waals surface area contributed by atoms with Gasteiger partial charge in [-0.2, -0.15) is 0 Å². The normalized spacial score (nSPS) is 12.7. The van der Waals surface area contributed by atoms with E-state index < -0.39 is 0 Å². The summed E-state index contributed by atoms with van der Waals surface area (Å²) in [5.41, 5.74) is 25.5. The predicted molar refractivity (Wildman–Crippen MR) is 259 cm³/mol. The summed E-state index contributed by atoms with van der Waals surface area (Å²) in [5.74, 6) is 0.184. The van der Waals surface area contributed by atoms with Crippen LogP contribution in [0.1, 0.15) is 45.2 Å². The van der Waals surface area contributed by atoms with Crippen LogP contribution in [-0.2, 0) is 0 Å². The molecule has 10 aromatic carbocycles. The molecule has 0 saturated carbocycles. The van der Waals surface area contributed by atoms with Crippen molar-refractivity contribution < 1.29 is 0 Å². The second-order valence-electron chi connectivity index (χ2n) is 16.7. The highest BCUT2D eigenvalue weighted by Gasteiger charge is 2.33. The third-order valence-corrected chi connectivity index (χ3v) is 13.3. The Kier molecular flexibility index (Phi) is 8.75. The fourth-order valence-electron chi connectivity index (χ4n) is 10.5. The van der Waals surface area contributed by atoms with E-state index in [1.54, 1.807) is 0 Å². The van der Waals surface area contributed by atoms with E-state index in [1.165, 1.54) is 111 Å². The Morgan fingerprint density at radius 3 is 0.790 bits per heavy atom. The van der Waals surface area contributed by atoms with Gasteiger partial charge in [-0.25, -0.2) is 0 Å². The molecule has 290 valence electrons. The van der Waals surface area contributed by atoms with E-state index in [1.807, 2.05) is 0 Å². The van der Waals surface area contributed by atoms with Gasteiger partial charge < -0.3 is 0 Å². The van der Waals surface area contributed by atoms with Crippen LogP contribution in [0.15, 0.2) is 243 Å². The van der Waals surface area contributed by atoms with Crippen molar-refractivity contribution in [2.45, 2.75) is 11.8 Å². The topological polar surface area (TPSA) is 0 Å². The first-order valence-electron chi connectivity index (χ1n) is 21.7. The maximum atomic E-state index is 2.48. The van der Waals surface area contributed by atoms with Crippen molar-refractivity contribution >= 4 is 0 Å². The van der Waals surface area contributed by atoms with Crippen LogP contribution in [-0.4, -0.2) is 0 Å². The molecule has 62 heavy (non-hydrogen) atoms. The minimum atomic E-state index is 0.0921. The molecule has 0 fully saturated rings. The molecule has 0 atom stereocenters. The fourth-order valence-corrected chi connectivity index (χ4v) is 10.5. The van der Waals surface area contributed by atoms with E-state index in [9.17, 15) is 0 Å². The van der Waals surface area contributed by atoms with Gasteiger partial charge in [-0.1, -0.05) is 212 Å². The summed E-state index contributed by atoms with van der Waals surface area (Å²) >= 11 is 0. The molecular formula is C62H42. The van der Waals surface area contributed by atoms with Gasteiger partial charge in [-0.3, -0.25) is 0 Å². The van der Waals surface area contributed by atoms with Crippen molar-refractivity contribution in [1.29, 1.82) is 0 Å². The zero-order valence-electron chi connectivity index (χ0n) is 34.2. The molecule has 12 rings (SSSR count). The molecule has 0 N–H and O–H groups in total. The Balaban J connectivity index is 1.14. The van der Waals surface area contributed by atoms with Crippen LogP contribution in [0.4, 0.5) is 0 Å². The van der Waals surface area contributed by atoms with Crippen LogP contribution in [0.2, 0.25) is 0 Å². The zero-order chi connectivity index (χ0) is 41.0. The van der Waals surface area contributed by atoms with E-state index in [4.69, 9.17) is 0 Å². The van der Waals surface area contributed by atoms with Gasteiger partial charge in [0.1, 0.15) is 0 Å². The Bertz CT molecular complexity index is 2990. The van der Waals surface area contributed by atoms with E-state index in [2.05, 4.69) is 243 Å². The van der Waals surface area contributed by atoms with E-state index in [-0.39, 0.29) is 11.8 Å². The number of rotatable bonds is 7. The molecule has 0 heterocycles. The molecule has 0 unspecified atom stereocenters. The second kappa shape index (κ2) is 15.0. The lowest BCUT2D eigenvalue weighted by molar-refractivity contribution is 1.02. The van der Waals surface area contributed by atoms with Crippen LogP contribution in [0, 0.1) is 0 Å². The molecule has 0 amide bonds. The highest BCUT2D eigenvalue weighted by molar-refractivity contribution is 5.91. The third-order valence-electron chi connectivity index (χ3n) is 13.3. The lowest BCUT2D eigenvalue weighted by atomic mass is 9.80. The second-order valence-corrected chi connectivity index (χ2v) is 16.7. The van der Waals surface area contributed by atoms with Crippen LogP contribution < -0.4 is 0 Å². The first-order chi connectivity index (χ1) is 30.8. The van der Waals surface area contributed by atoms with Crippen LogP contribution >= 0.6 is 0 Å². The lowest BCUT2D eigenvalue weighted by Crippen LogP contribution is -2.04. The van der Waals surface area contributed by atoms with Crippen molar-refractivity contribution in [3.63, 3.8) is 0 Å². The predicted octanol–water partition coefficient (Wildman–Crippen LogP) is 16.3. The molecule has 0 aromatic heterocycles. The van der Waals surface area contributed by atoms with Gasteiger partial charge >= 0.3 is 0 Å². The van der Waals surface area contributed by atoms with Gasteiger partial charge in [0.25, 0.3) is 0 Å². The summed E-state index contributed by atoms with van der Waals surface area (Å²) < 4.78 is 0. The molecule has 0 aliphatic heterocycles. The Morgan fingerprint density at radius 1 is 0.161 bits per heavy atom. The summed E-state index contributed by atoms with van der Waals surface area (Å²) in [5, 5.41) is 0. The molecule has 0 saturated heterocycles. The summed E-state index contributed by atoms with van der Waals surface area (Å²) in [6.45, 7) is 0. The molecule has 0 nitrogen and oxygen atoms in total. The SMILES string of the molecule is c1ccc(-c2cc(-c3cc(-c4ccccc4)ccc3C3c4ccccc4-c4ccccc43)cc(-c3cc(-c4ccccc4)ccc3C3c4ccccc4-c4ccccc43)c2)cc1. The standard InChI is InChI=1S/C62H42/c1-4-18-41(19-5-1)44-32-34-57(61-53-28-14-10-24-49(53)50-25-11-15-29-54(50)61)59(39-44)47-36-46(43-22-8-3-9-23-43)37-48(38-47)60-40-45(42-20-6-2-7-21-42)33-35-58(60)62-55-30-16-12-26-51(55)52-27-13-17-31-56(52)62/h1-40,61-62H. The van der Waals surface area contributed by atoms with Crippen molar-refractivity contribution in [1.82, 2.24) is 0 Å². The lowest BCUT2D eigenvalue weighted by Gasteiger charge is -2.23. The number of hydrogen-bond donors (Lipinski definition) is 0. The molecule has 0 bridgehead atoms. The highest BCUT2D eigenvalue weighted by atomic mass is 14.4. The van der Waals surface area contributed by atoms with Crippen molar-refractivity contribution in [2.24, 2.45) is 0 Å². The maximum Gasteiger partial charge on any atom is 0.0358 e. The van der Waals surface area contributed by atoms with Gasteiger partial charge in [0, 0.05) is 11.8 Å². The highest BCUT2D eigenvalue weighted by Crippen LogP contribution is 2.53. The number of fused-ring (bicyclic) bond motifs is 6. The largest absolute Gasteiger partial charge is 0.0622 e. The van der Waals surface area contributed by atoms with Crippen LogP contribution in [0.25, 0.3) is 77.9 Å². The molecular weight excluding hydrogens is 745 g/mol. The summed E-state index contributed by atoms with van der Waals surface area (Å²) in [6.07, 6.45) is 0. The molecule has 10 aromatic rings. The van der Waals surface area contributed by atoms with Crippen molar-refractivity contribution in [2.75, 3.05) is 0 Å². The smallest absolute Gasteiger partial charge is 0.0358 e. The minimum Gasteiger partial charge on any atom is -0.0622 e. The molecule has 2 aliphatic rings.